The van der Waals surface area contributed by atoms with Gasteiger partial charge in [-0.1, -0.05) is 11.6 Å². The molecule has 0 aliphatic carbocycles. The van der Waals surface area contributed by atoms with Crippen LogP contribution >= 0.6 is 11.6 Å². The summed E-state index contributed by atoms with van der Waals surface area (Å²) in [4.78, 5) is 0.146. The molecule has 0 radical (unpaired) electrons. The van der Waals surface area contributed by atoms with Crippen LogP contribution in [-0.2, 0) is 14.8 Å². The molecule has 0 aliphatic rings. The Bertz CT molecular complexity index is 460. The number of aliphatic hydroxyl groups is 1. The first-order valence-electron chi connectivity index (χ1n) is 5.38. The van der Waals surface area contributed by atoms with Crippen molar-refractivity contribution in [1.82, 2.24) is 4.72 Å². The van der Waals surface area contributed by atoms with E-state index in [1.807, 2.05) is 0 Å². The van der Waals surface area contributed by atoms with Gasteiger partial charge in [0.15, 0.2) is 0 Å². The van der Waals surface area contributed by atoms with E-state index < -0.39 is 16.1 Å². The van der Waals surface area contributed by atoms with Gasteiger partial charge in [-0.3, -0.25) is 0 Å². The molecule has 7 heteroatoms. The second-order valence-electron chi connectivity index (χ2n) is 3.75. The molecule has 18 heavy (non-hydrogen) atoms. The lowest BCUT2D eigenvalue weighted by Gasteiger charge is -2.10. The molecule has 2 N–H and O–H groups in total. The van der Waals surface area contributed by atoms with Crippen molar-refractivity contribution in [3.63, 3.8) is 0 Å². The largest absolute Gasteiger partial charge is 0.391 e. The molecule has 0 saturated heterocycles. The zero-order valence-corrected chi connectivity index (χ0v) is 11.5. The fourth-order valence-electron chi connectivity index (χ4n) is 1.33. The molecular formula is C11H16ClNO4S. The summed E-state index contributed by atoms with van der Waals surface area (Å²) in [6.07, 6.45) is -0.386. The van der Waals surface area contributed by atoms with Crippen LogP contribution < -0.4 is 4.72 Å². The second-order valence-corrected chi connectivity index (χ2v) is 5.95. The lowest BCUT2D eigenvalue weighted by Crippen LogP contribution is -2.28. The van der Waals surface area contributed by atoms with Crippen LogP contribution in [0.4, 0.5) is 0 Å². The van der Waals surface area contributed by atoms with Crippen molar-refractivity contribution < 1.29 is 18.3 Å². The average Bonchev–Trinajstić information content (AvgIpc) is 2.29. The van der Waals surface area contributed by atoms with Crippen LogP contribution in [0.25, 0.3) is 0 Å². The van der Waals surface area contributed by atoms with Crippen molar-refractivity contribution in [1.29, 1.82) is 0 Å². The number of aliphatic hydroxyl groups excluding tert-OH is 1. The van der Waals surface area contributed by atoms with Gasteiger partial charge in [-0.05, 0) is 30.7 Å². The summed E-state index contributed by atoms with van der Waals surface area (Å²) in [6, 6.07) is 5.87. The lowest BCUT2D eigenvalue weighted by molar-refractivity contribution is 0.0603. The predicted octanol–water partition coefficient (Wildman–Crippen LogP) is 1.02. The van der Waals surface area contributed by atoms with Crippen LogP contribution in [0, 0.1) is 0 Å². The molecule has 1 atom stereocenters. The van der Waals surface area contributed by atoms with Crippen molar-refractivity contribution in [2.45, 2.75) is 17.4 Å². The number of benzene rings is 1. The van der Waals surface area contributed by atoms with Crippen molar-refractivity contribution in [2.24, 2.45) is 0 Å². The van der Waals surface area contributed by atoms with Gasteiger partial charge >= 0.3 is 0 Å². The van der Waals surface area contributed by atoms with Crippen molar-refractivity contribution in [3.8, 4) is 0 Å². The molecule has 102 valence electrons. The van der Waals surface area contributed by atoms with Gasteiger partial charge in [0.1, 0.15) is 0 Å². The third-order valence-corrected chi connectivity index (χ3v) is 3.98. The first-order chi connectivity index (χ1) is 8.45. The van der Waals surface area contributed by atoms with Gasteiger partial charge in [0, 0.05) is 18.7 Å². The number of hydrogen-bond donors (Lipinski definition) is 2. The summed E-state index contributed by atoms with van der Waals surface area (Å²) in [6.45, 7) is 0.332. The Morgan fingerprint density at radius 2 is 2.00 bits per heavy atom. The first-order valence-corrected chi connectivity index (χ1v) is 7.24. The number of rotatable bonds is 7. The minimum Gasteiger partial charge on any atom is -0.391 e. The molecule has 1 aromatic rings. The van der Waals surface area contributed by atoms with E-state index >= 15 is 0 Å². The van der Waals surface area contributed by atoms with E-state index in [9.17, 15) is 13.5 Å². The summed E-state index contributed by atoms with van der Waals surface area (Å²) in [7, 11) is -2.07. The van der Waals surface area contributed by atoms with Crippen LogP contribution in [0.5, 0.6) is 0 Å². The second kappa shape index (κ2) is 7.06. The van der Waals surface area contributed by atoms with Gasteiger partial charge in [0.05, 0.1) is 17.6 Å². The number of nitrogens with one attached hydrogen (secondary N) is 1. The Balaban J connectivity index is 2.52. The normalized spacial score (nSPS) is 13.5. The molecule has 0 fully saturated rings. The molecule has 0 spiro atoms. The minimum absolute atomic E-state index is 0.146. The van der Waals surface area contributed by atoms with E-state index in [1.54, 1.807) is 0 Å². The summed E-state index contributed by atoms with van der Waals surface area (Å²) < 4.78 is 30.8. The molecule has 1 aromatic carbocycles. The van der Waals surface area contributed by atoms with Gasteiger partial charge in [-0.2, -0.15) is 0 Å². The lowest BCUT2D eigenvalue weighted by atomic mass is 10.3. The summed E-state index contributed by atoms with van der Waals surface area (Å²) in [5.74, 6) is 0. The Kier molecular flexibility index (Phi) is 6.04. The monoisotopic (exact) mass is 293 g/mol. The number of halogens is 1. The van der Waals surface area contributed by atoms with Gasteiger partial charge in [-0.15, -0.1) is 0 Å². The third-order valence-electron chi connectivity index (χ3n) is 2.25. The fraction of sp³-hybridized carbons (Fsp3) is 0.455. The average molecular weight is 294 g/mol. The van der Waals surface area contributed by atoms with E-state index in [1.165, 1.54) is 31.4 Å². The van der Waals surface area contributed by atoms with E-state index in [-0.39, 0.29) is 18.0 Å². The van der Waals surface area contributed by atoms with Crippen LogP contribution in [-0.4, -0.2) is 39.9 Å². The maximum absolute atomic E-state index is 11.8. The first kappa shape index (κ1) is 15.4. The van der Waals surface area contributed by atoms with E-state index in [0.29, 0.717) is 11.4 Å². The number of hydrogen-bond acceptors (Lipinski definition) is 4. The van der Waals surface area contributed by atoms with Gasteiger partial charge in [0.2, 0.25) is 10.0 Å². The summed E-state index contributed by atoms with van der Waals surface area (Å²) >= 11 is 5.68. The number of sulfonamides is 1. The quantitative estimate of drug-likeness (QED) is 0.787. The Labute approximate surface area is 112 Å². The van der Waals surface area contributed by atoms with Gasteiger partial charge in [0.25, 0.3) is 0 Å². The molecule has 0 aliphatic heterocycles. The molecule has 0 bridgehead atoms. The van der Waals surface area contributed by atoms with E-state index in [0.717, 1.165) is 0 Å². The summed E-state index contributed by atoms with van der Waals surface area (Å²) in [5.41, 5.74) is 0. The highest BCUT2D eigenvalue weighted by Gasteiger charge is 2.14. The molecular weight excluding hydrogens is 278 g/mol. The molecule has 0 amide bonds. The van der Waals surface area contributed by atoms with Crippen LogP contribution in [0.1, 0.15) is 6.42 Å². The van der Waals surface area contributed by atoms with Crippen molar-refractivity contribution >= 4 is 21.6 Å². The van der Waals surface area contributed by atoms with Crippen molar-refractivity contribution in [2.75, 3.05) is 20.3 Å². The number of methoxy groups -OCH3 is 1. The van der Waals surface area contributed by atoms with E-state index in [4.69, 9.17) is 16.3 Å². The maximum atomic E-state index is 11.8. The topological polar surface area (TPSA) is 75.6 Å². The predicted molar refractivity (Wildman–Crippen MR) is 69.1 cm³/mol. The van der Waals surface area contributed by atoms with Gasteiger partial charge < -0.3 is 9.84 Å². The zero-order valence-electron chi connectivity index (χ0n) is 9.97. The van der Waals surface area contributed by atoms with Crippen LogP contribution in [0.2, 0.25) is 5.02 Å². The molecule has 0 saturated carbocycles. The molecule has 0 aromatic heterocycles. The molecule has 0 heterocycles. The van der Waals surface area contributed by atoms with Crippen molar-refractivity contribution in [3.05, 3.63) is 29.3 Å². The van der Waals surface area contributed by atoms with Crippen LogP contribution in [0.3, 0.4) is 0 Å². The highest BCUT2D eigenvalue weighted by atomic mass is 35.5. The smallest absolute Gasteiger partial charge is 0.240 e. The van der Waals surface area contributed by atoms with Gasteiger partial charge in [-0.25, -0.2) is 13.1 Å². The fourth-order valence-corrected chi connectivity index (χ4v) is 2.51. The minimum atomic E-state index is -3.55. The zero-order chi connectivity index (χ0) is 13.6. The van der Waals surface area contributed by atoms with Crippen LogP contribution in [0.15, 0.2) is 29.2 Å². The molecule has 5 nitrogen and oxygen atoms in total. The Hall–Kier alpha value is -0.660. The standard InChI is InChI=1S/C11H16ClNO4S/c1-17-8-10(14)6-7-13-18(15,16)11-4-2-9(12)3-5-11/h2-5,10,13-14H,6-8H2,1H3. The van der Waals surface area contributed by atoms with E-state index in [2.05, 4.69) is 4.72 Å². The summed E-state index contributed by atoms with van der Waals surface area (Å²) in [5, 5.41) is 9.85. The number of ether oxygens (including phenoxy) is 1. The highest BCUT2D eigenvalue weighted by molar-refractivity contribution is 7.89. The Morgan fingerprint density at radius 1 is 1.39 bits per heavy atom. The SMILES string of the molecule is COCC(O)CCNS(=O)(=O)c1ccc(Cl)cc1. The Morgan fingerprint density at radius 3 is 2.56 bits per heavy atom. The molecule has 1 unspecified atom stereocenters. The maximum Gasteiger partial charge on any atom is 0.240 e. The molecule has 1 rings (SSSR count). The third kappa shape index (κ3) is 4.91. The highest BCUT2D eigenvalue weighted by Crippen LogP contribution is 2.13.